The molecule has 8 nitrogen and oxygen atoms in total. The molecule has 28 heavy (non-hydrogen) atoms. The normalized spacial score (nSPS) is 17.3. The molecule has 1 amide bonds. The maximum absolute atomic E-state index is 12.5. The van der Waals surface area contributed by atoms with E-state index in [1.54, 1.807) is 12.1 Å². The van der Waals surface area contributed by atoms with E-state index in [1.165, 1.54) is 20.3 Å². The van der Waals surface area contributed by atoms with E-state index in [9.17, 15) is 4.79 Å². The van der Waals surface area contributed by atoms with Crippen molar-refractivity contribution >= 4 is 24.4 Å². The van der Waals surface area contributed by atoms with Gasteiger partial charge in [0.2, 0.25) is 17.7 Å². The van der Waals surface area contributed by atoms with Gasteiger partial charge in [0.1, 0.15) is 0 Å². The second-order valence-corrected chi connectivity index (χ2v) is 7.44. The summed E-state index contributed by atoms with van der Waals surface area (Å²) in [5.74, 6) is 0.323. The number of rotatable bonds is 5. The van der Waals surface area contributed by atoms with Crippen LogP contribution in [-0.4, -0.2) is 48.4 Å². The van der Waals surface area contributed by atoms with Gasteiger partial charge in [-0.25, -0.2) is 0 Å². The topological polar surface area (TPSA) is 91.8 Å². The third-order valence-corrected chi connectivity index (χ3v) is 5.02. The molecule has 1 aromatic carbocycles. The van der Waals surface area contributed by atoms with Crippen LogP contribution in [0.2, 0.25) is 0 Å². The summed E-state index contributed by atoms with van der Waals surface area (Å²) in [6.45, 7) is 7.99. The molecule has 1 saturated heterocycles. The fraction of sp³-hybridized carbons (Fsp3) is 0.421. The fourth-order valence-corrected chi connectivity index (χ4v) is 2.61. The first-order valence-corrected chi connectivity index (χ1v) is 8.89. The van der Waals surface area contributed by atoms with Crippen molar-refractivity contribution in [1.82, 2.24) is 9.97 Å². The van der Waals surface area contributed by atoms with Gasteiger partial charge in [-0.15, -0.1) is 0 Å². The van der Waals surface area contributed by atoms with Gasteiger partial charge in [-0.3, -0.25) is 10.1 Å². The van der Waals surface area contributed by atoms with E-state index >= 15 is 0 Å². The smallest absolute Gasteiger partial charge is 0.481 e. The molecule has 0 saturated carbocycles. The Bertz CT molecular complexity index is 832. The molecule has 148 valence electrons. The summed E-state index contributed by atoms with van der Waals surface area (Å²) in [4.78, 5) is 20.7. The van der Waals surface area contributed by atoms with Crippen molar-refractivity contribution in [2.24, 2.45) is 0 Å². The lowest BCUT2D eigenvalue weighted by molar-refractivity contribution is 0.00578. The molecule has 2 aromatic rings. The molecule has 0 unspecified atom stereocenters. The first kappa shape index (κ1) is 20.1. The predicted octanol–water partition coefficient (Wildman–Crippen LogP) is 2.05. The number of carbonyl (C=O) groups is 1. The van der Waals surface area contributed by atoms with E-state index in [2.05, 4.69) is 15.3 Å². The summed E-state index contributed by atoms with van der Waals surface area (Å²) in [6, 6.07) is 8.55. The van der Waals surface area contributed by atoms with Crippen LogP contribution in [0.4, 0.5) is 5.95 Å². The van der Waals surface area contributed by atoms with Crippen molar-refractivity contribution < 1.29 is 23.6 Å². The number of hydrogen-bond donors (Lipinski definition) is 1. The zero-order valence-corrected chi connectivity index (χ0v) is 16.9. The Labute approximate surface area is 164 Å². The molecule has 1 N–H and O–H groups in total. The van der Waals surface area contributed by atoms with Crippen molar-refractivity contribution in [1.29, 1.82) is 0 Å². The van der Waals surface area contributed by atoms with Crippen molar-refractivity contribution in [3.63, 3.8) is 0 Å². The van der Waals surface area contributed by atoms with E-state index < -0.39 is 18.3 Å². The Kier molecular flexibility index (Phi) is 5.32. The Morgan fingerprint density at radius 2 is 1.46 bits per heavy atom. The number of methoxy groups -OCH3 is 2. The number of amides is 1. The molecule has 0 aliphatic carbocycles. The maximum atomic E-state index is 12.5. The van der Waals surface area contributed by atoms with Gasteiger partial charge >= 0.3 is 7.12 Å². The highest BCUT2D eigenvalue weighted by Gasteiger charge is 2.51. The summed E-state index contributed by atoms with van der Waals surface area (Å²) in [5, 5.41) is 2.64. The van der Waals surface area contributed by atoms with Crippen LogP contribution in [0, 0.1) is 0 Å². The Hall–Kier alpha value is -2.65. The van der Waals surface area contributed by atoms with Crippen LogP contribution in [0.25, 0.3) is 0 Å². The Balaban J connectivity index is 1.73. The highest BCUT2D eigenvalue weighted by Crippen LogP contribution is 2.36. The fourth-order valence-electron chi connectivity index (χ4n) is 2.61. The third kappa shape index (κ3) is 3.95. The highest BCUT2D eigenvalue weighted by molar-refractivity contribution is 6.62. The van der Waals surface area contributed by atoms with E-state index in [0.717, 1.165) is 5.46 Å². The van der Waals surface area contributed by atoms with Gasteiger partial charge in [0, 0.05) is 5.56 Å². The Morgan fingerprint density at radius 3 is 1.93 bits per heavy atom. The zero-order chi connectivity index (χ0) is 20.5. The van der Waals surface area contributed by atoms with Crippen molar-refractivity contribution in [2.75, 3.05) is 19.5 Å². The van der Waals surface area contributed by atoms with Gasteiger partial charge in [-0.2, -0.15) is 9.97 Å². The number of nitrogens with zero attached hydrogens (tertiary/aromatic N) is 2. The van der Waals surface area contributed by atoms with Gasteiger partial charge < -0.3 is 18.8 Å². The van der Waals surface area contributed by atoms with Gasteiger partial charge in [-0.1, -0.05) is 12.1 Å². The lowest BCUT2D eigenvalue weighted by Gasteiger charge is -2.32. The summed E-state index contributed by atoms with van der Waals surface area (Å²) < 4.78 is 22.2. The molecule has 0 bridgehead atoms. The van der Waals surface area contributed by atoms with E-state index in [-0.39, 0.29) is 11.9 Å². The molecule has 3 rings (SSSR count). The minimum atomic E-state index is -0.479. The second-order valence-electron chi connectivity index (χ2n) is 7.44. The SMILES string of the molecule is COc1cc(OC)nc(NC(=O)c2ccc(B3OC(C)(C)C(C)(C)O3)cc2)n1. The standard InChI is InChI=1S/C19H24BN3O5/c1-18(2)19(3,4)28-20(27-18)13-9-7-12(8-10-13)16(24)23-17-21-14(25-5)11-15(22-17)26-6/h7-11H,1-6H3,(H,21,22,23,24). The average Bonchev–Trinajstić information content (AvgIpc) is 2.88. The number of anilines is 1. The van der Waals surface area contributed by atoms with Crippen LogP contribution < -0.4 is 20.3 Å². The van der Waals surface area contributed by atoms with Gasteiger partial charge in [-0.05, 0) is 45.3 Å². The molecule has 0 radical (unpaired) electrons. The monoisotopic (exact) mass is 385 g/mol. The number of aromatic nitrogens is 2. The van der Waals surface area contributed by atoms with Crippen LogP contribution in [0.15, 0.2) is 30.3 Å². The molecular formula is C19H24BN3O5. The van der Waals surface area contributed by atoms with E-state index in [4.69, 9.17) is 18.8 Å². The quantitative estimate of drug-likeness (QED) is 0.788. The summed E-state index contributed by atoms with van der Waals surface area (Å²) in [6.07, 6.45) is 0. The molecule has 1 aromatic heterocycles. The maximum Gasteiger partial charge on any atom is 0.494 e. The molecule has 0 atom stereocenters. The van der Waals surface area contributed by atoms with Crippen molar-refractivity contribution in [3.8, 4) is 11.8 Å². The Morgan fingerprint density at radius 1 is 0.964 bits per heavy atom. The molecule has 0 spiro atoms. The van der Waals surface area contributed by atoms with E-state index in [1.807, 2.05) is 39.8 Å². The molecule has 1 fully saturated rings. The second kappa shape index (κ2) is 7.41. The van der Waals surface area contributed by atoms with Crippen LogP contribution in [0.5, 0.6) is 11.8 Å². The van der Waals surface area contributed by atoms with Crippen LogP contribution in [-0.2, 0) is 9.31 Å². The minimum Gasteiger partial charge on any atom is -0.481 e. The number of benzene rings is 1. The molecule has 2 heterocycles. The minimum absolute atomic E-state index is 0.0937. The van der Waals surface area contributed by atoms with Gasteiger partial charge in [0.05, 0.1) is 31.5 Å². The van der Waals surface area contributed by atoms with Crippen molar-refractivity contribution in [2.45, 2.75) is 38.9 Å². The van der Waals surface area contributed by atoms with Crippen LogP contribution in [0.1, 0.15) is 38.1 Å². The van der Waals surface area contributed by atoms with E-state index in [0.29, 0.717) is 17.3 Å². The first-order valence-electron chi connectivity index (χ1n) is 8.89. The molecular weight excluding hydrogens is 361 g/mol. The number of ether oxygens (including phenoxy) is 2. The zero-order valence-electron chi connectivity index (χ0n) is 16.9. The number of carbonyl (C=O) groups excluding carboxylic acids is 1. The highest BCUT2D eigenvalue weighted by atomic mass is 16.7. The molecule has 1 aliphatic heterocycles. The number of nitrogens with one attached hydrogen (secondary N) is 1. The lowest BCUT2D eigenvalue weighted by atomic mass is 9.79. The van der Waals surface area contributed by atoms with Gasteiger partial charge in [0.15, 0.2) is 0 Å². The number of hydrogen-bond acceptors (Lipinski definition) is 7. The average molecular weight is 385 g/mol. The molecule has 9 heteroatoms. The van der Waals surface area contributed by atoms with Crippen LogP contribution >= 0.6 is 0 Å². The molecule has 1 aliphatic rings. The summed E-state index contributed by atoms with van der Waals surface area (Å²) in [5.41, 5.74) is 0.451. The predicted molar refractivity (Wildman–Crippen MR) is 105 cm³/mol. The first-order chi connectivity index (χ1) is 13.1. The summed E-state index contributed by atoms with van der Waals surface area (Å²) in [7, 11) is 2.47. The largest absolute Gasteiger partial charge is 0.494 e. The lowest BCUT2D eigenvalue weighted by Crippen LogP contribution is -2.41. The van der Waals surface area contributed by atoms with Gasteiger partial charge in [0.25, 0.3) is 5.91 Å². The summed E-state index contributed by atoms with van der Waals surface area (Å²) >= 11 is 0. The third-order valence-electron chi connectivity index (χ3n) is 5.02. The van der Waals surface area contributed by atoms with Crippen LogP contribution in [0.3, 0.4) is 0 Å². The van der Waals surface area contributed by atoms with Crippen molar-refractivity contribution in [3.05, 3.63) is 35.9 Å².